The van der Waals surface area contributed by atoms with E-state index in [4.69, 9.17) is 14.9 Å². The molecule has 20 heavy (non-hydrogen) atoms. The molecule has 0 unspecified atom stereocenters. The maximum Gasteiger partial charge on any atom is 0.212 e. The number of benzene rings is 1. The lowest BCUT2D eigenvalue weighted by atomic mass is 9.99. The standard InChI is InChI=1S/C16H24N2O2/c1-4-8-18(5-2)14-10-13-9-12(16(17)19-3)6-7-15(13)20-11-14/h6-7,9,14,17H,4-5,8,10-11H2,1-3H3/t14-/m0/s1. The summed E-state index contributed by atoms with van der Waals surface area (Å²) in [5.41, 5.74) is 1.99. The maximum absolute atomic E-state index is 7.76. The van der Waals surface area contributed by atoms with Crippen molar-refractivity contribution in [3.63, 3.8) is 0 Å². The van der Waals surface area contributed by atoms with Gasteiger partial charge in [-0.2, -0.15) is 0 Å². The molecule has 0 spiro atoms. The van der Waals surface area contributed by atoms with Gasteiger partial charge in [-0.25, -0.2) is 0 Å². The van der Waals surface area contributed by atoms with Gasteiger partial charge >= 0.3 is 0 Å². The lowest BCUT2D eigenvalue weighted by molar-refractivity contribution is 0.124. The van der Waals surface area contributed by atoms with Crippen molar-refractivity contribution in [3.8, 4) is 5.75 Å². The van der Waals surface area contributed by atoms with Crippen LogP contribution in [0.15, 0.2) is 18.2 Å². The zero-order chi connectivity index (χ0) is 14.5. The SMILES string of the molecule is CCCN(CC)[C@@H]1COc2ccc(C(=N)OC)cc2C1. The molecule has 0 fully saturated rings. The third kappa shape index (κ3) is 3.12. The molecular weight excluding hydrogens is 252 g/mol. The molecule has 0 saturated carbocycles. The number of hydrogen-bond donors (Lipinski definition) is 1. The van der Waals surface area contributed by atoms with Gasteiger partial charge in [0.25, 0.3) is 0 Å². The lowest BCUT2D eigenvalue weighted by Gasteiger charge is -2.34. The molecule has 1 aliphatic heterocycles. The van der Waals surface area contributed by atoms with Crippen LogP contribution in [0.3, 0.4) is 0 Å². The first-order chi connectivity index (χ1) is 9.69. The summed E-state index contributed by atoms with van der Waals surface area (Å²) >= 11 is 0. The zero-order valence-electron chi connectivity index (χ0n) is 12.6. The summed E-state index contributed by atoms with van der Waals surface area (Å²) in [7, 11) is 1.53. The Morgan fingerprint density at radius 3 is 2.90 bits per heavy atom. The minimum absolute atomic E-state index is 0.204. The molecule has 1 atom stereocenters. The fourth-order valence-corrected chi connectivity index (χ4v) is 2.76. The normalized spacial score (nSPS) is 17.5. The van der Waals surface area contributed by atoms with Crippen molar-refractivity contribution in [1.82, 2.24) is 4.90 Å². The monoisotopic (exact) mass is 276 g/mol. The van der Waals surface area contributed by atoms with Crippen LogP contribution in [0.4, 0.5) is 0 Å². The molecule has 1 aromatic carbocycles. The highest BCUT2D eigenvalue weighted by molar-refractivity contribution is 5.91. The van der Waals surface area contributed by atoms with E-state index >= 15 is 0 Å². The highest BCUT2D eigenvalue weighted by Gasteiger charge is 2.24. The van der Waals surface area contributed by atoms with Crippen LogP contribution in [0.1, 0.15) is 31.4 Å². The Labute approximate surface area is 121 Å². The first-order valence-electron chi connectivity index (χ1n) is 7.32. The molecule has 0 radical (unpaired) electrons. The van der Waals surface area contributed by atoms with E-state index in [9.17, 15) is 0 Å². The number of methoxy groups -OCH3 is 1. The molecule has 0 aromatic heterocycles. The second-order valence-electron chi connectivity index (χ2n) is 5.15. The Hall–Kier alpha value is -1.55. The Bertz CT molecular complexity index is 474. The van der Waals surface area contributed by atoms with Crippen molar-refractivity contribution in [3.05, 3.63) is 29.3 Å². The average Bonchev–Trinajstić information content (AvgIpc) is 2.50. The summed E-state index contributed by atoms with van der Waals surface area (Å²) in [4.78, 5) is 2.47. The van der Waals surface area contributed by atoms with Gasteiger partial charge in [0.1, 0.15) is 12.4 Å². The Morgan fingerprint density at radius 1 is 1.45 bits per heavy atom. The maximum atomic E-state index is 7.76. The third-order valence-electron chi connectivity index (χ3n) is 3.85. The van der Waals surface area contributed by atoms with Crippen molar-refractivity contribution in [2.75, 3.05) is 26.8 Å². The van der Waals surface area contributed by atoms with E-state index in [2.05, 4.69) is 18.7 Å². The minimum Gasteiger partial charge on any atom is -0.492 e. The van der Waals surface area contributed by atoms with Crippen molar-refractivity contribution in [2.45, 2.75) is 32.7 Å². The van der Waals surface area contributed by atoms with Crippen molar-refractivity contribution in [1.29, 1.82) is 5.41 Å². The molecule has 4 heteroatoms. The molecule has 1 N–H and O–H groups in total. The summed E-state index contributed by atoms with van der Waals surface area (Å²) < 4.78 is 10.9. The molecule has 110 valence electrons. The van der Waals surface area contributed by atoms with Crippen LogP contribution in [0.5, 0.6) is 5.75 Å². The largest absolute Gasteiger partial charge is 0.492 e. The number of hydrogen-bond acceptors (Lipinski definition) is 4. The predicted octanol–water partition coefficient (Wildman–Crippen LogP) is 2.69. The number of nitrogens with one attached hydrogen (secondary N) is 1. The molecule has 0 bridgehead atoms. The van der Waals surface area contributed by atoms with Crippen LogP contribution in [-0.2, 0) is 11.2 Å². The highest BCUT2D eigenvalue weighted by Crippen LogP contribution is 2.28. The molecule has 0 amide bonds. The fourth-order valence-electron chi connectivity index (χ4n) is 2.76. The van der Waals surface area contributed by atoms with Gasteiger partial charge in [0.05, 0.1) is 7.11 Å². The molecule has 0 saturated heterocycles. The van der Waals surface area contributed by atoms with Crippen LogP contribution in [-0.4, -0.2) is 43.6 Å². The van der Waals surface area contributed by atoms with E-state index in [-0.39, 0.29) is 5.90 Å². The first kappa shape index (κ1) is 14.9. The second kappa shape index (κ2) is 6.75. The quantitative estimate of drug-likeness (QED) is 0.664. The molecule has 1 aromatic rings. The van der Waals surface area contributed by atoms with Crippen LogP contribution in [0.25, 0.3) is 0 Å². The van der Waals surface area contributed by atoms with Gasteiger partial charge in [0.15, 0.2) is 0 Å². The first-order valence-corrected chi connectivity index (χ1v) is 7.32. The molecule has 1 aliphatic rings. The van der Waals surface area contributed by atoms with Gasteiger partial charge in [-0.15, -0.1) is 0 Å². The Balaban J connectivity index is 2.17. The molecule has 0 aliphatic carbocycles. The Kier molecular flexibility index (Phi) is 5.01. The average molecular weight is 276 g/mol. The van der Waals surface area contributed by atoms with Crippen LogP contribution < -0.4 is 4.74 Å². The van der Waals surface area contributed by atoms with Crippen LogP contribution in [0.2, 0.25) is 0 Å². The van der Waals surface area contributed by atoms with Gasteiger partial charge in [0.2, 0.25) is 5.90 Å². The summed E-state index contributed by atoms with van der Waals surface area (Å²) in [6, 6.07) is 6.28. The van der Waals surface area contributed by atoms with E-state index < -0.39 is 0 Å². The number of rotatable bonds is 5. The van der Waals surface area contributed by atoms with Gasteiger partial charge in [-0.3, -0.25) is 10.3 Å². The van der Waals surface area contributed by atoms with Crippen molar-refractivity contribution in [2.24, 2.45) is 0 Å². The van der Waals surface area contributed by atoms with Crippen molar-refractivity contribution >= 4 is 5.90 Å². The molecular formula is C16H24N2O2. The van der Waals surface area contributed by atoms with Crippen molar-refractivity contribution < 1.29 is 9.47 Å². The van der Waals surface area contributed by atoms with Crippen LogP contribution in [0, 0.1) is 5.41 Å². The third-order valence-corrected chi connectivity index (χ3v) is 3.85. The predicted molar refractivity (Wildman–Crippen MR) is 80.8 cm³/mol. The summed E-state index contributed by atoms with van der Waals surface area (Å²) in [6.45, 7) is 7.31. The van der Waals surface area contributed by atoms with Crippen LogP contribution >= 0.6 is 0 Å². The summed E-state index contributed by atoms with van der Waals surface area (Å²) in [6.07, 6.45) is 2.14. The van der Waals surface area contributed by atoms with E-state index in [1.807, 2.05) is 18.2 Å². The highest BCUT2D eigenvalue weighted by atomic mass is 16.5. The molecule has 1 heterocycles. The van der Waals surface area contributed by atoms with Gasteiger partial charge < -0.3 is 9.47 Å². The van der Waals surface area contributed by atoms with E-state index in [1.54, 1.807) is 0 Å². The smallest absolute Gasteiger partial charge is 0.212 e. The number of likely N-dealkylation sites (N-methyl/N-ethyl adjacent to an activating group) is 1. The van der Waals surface area contributed by atoms with Gasteiger partial charge in [0, 0.05) is 11.6 Å². The topological polar surface area (TPSA) is 45.5 Å². The molecule has 4 nitrogen and oxygen atoms in total. The van der Waals surface area contributed by atoms with Gasteiger partial charge in [-0.05, 0) is 49.7 Å². The minimum atomic E-state index is 0.204. The second-order valence-corrected chi connectivity index (χ2v) is 5.15. The number of fused-ring (bicyclic) bond motifs is 1. The summed E-state index contributed by atoms with van der Waals surface area (Å²) in [5, 5.41) is 7.76. The zero-order valence-corrected chi connectivity index (χ0v) is 12.6. The Morgan fingerprint density at radius 2 is 2.25 bits per heavy atom. The fraction of sp³-hybridized carbons (Fsp3) is 0.562. The summed E-state index contributed by atoms with van der Waals surface area (Å²) in [5.74, 6) is 1.15. The lowest BCUT2D eigenvalue weighted by Crippen LogP contribution is -2.43. The number of ether oxygens (including phenoxy) is 2. The molecule has 2 rings (SSSR count). The van der Waals surface area contributed by atoms with E-state index in [1.165, 1.54) is 12.7 Å². The van der Waals surface area contributed by atoms with E-state index in [0.29, 0.717) is 6.04 Å². The van der Waals surface area contributed by atoms with Gasteiger partial charge in [-0.1, -0.05) is 13.8 Å². The van der Waals surface area contributed by atoms with E-state index in [0.717, 1.165) is 43.9 Å². The number of nitrogens with zero attached hydrogens (tertiary/aromatic N) is 1.